The third kappa shape index (κ3) is 5.38. The van der Waals surface area contributed by atoms with E-state index in [1.807, 2.05) is 0 Å². The second-order valence-electron chi connectivity index (χ2n) is 7.18. The van der Waals surface area contributed by atoms with Gasteiger partial charge in [0.15, 0.2) is 11.5 Å². The van der Waals surface area contributed by atoms with Gasteiger partial charge in [0.1, 0.15) is 17.2 Å². The van der Waals surface area contributed by atoms with Gasteiger partial charge >= 0.3 is 18.4 Å². The van der Waals surface area contributed by atoms with Crippen LogP contribution in [0.5, 0.6) is 23.0 Å². The number of primary amides is 1. The van der Waals surface area contributed by atoms with E-state index in [0.29, 0.717) is 0 Å². The molecule has 14 heteroatoms. The van der Waals surface area contributed by atoms with E-state index in [9.17, 15) is 27.2 Å². The lowest BCUT2D eigenvalue weighted by Crippen LogP contribution is -2.41. The van der Waals surface area contributed by atoms with Crippen LogP contribution in [-0.4, -0.2) is 30.3 Å². The number of anilines is 2. The Labute approximate surface area is 199 Å². The third-order valence-corrected chi connectivity index (χ3v) is 4.66. The number of alkyl halides is 4. The van der Waals surface area contributed by atoms with E-state index in [1.165, 1.54) is 43.6 Å². The quantitative estimate of drug-likeness (QED) is 0.413. The van der Waals surface area contributed by atoms with Crippen molar-refractivity contribution in [1.29, 1.82) is 0 Å². The standard InChI is InChI=1S/C22H16F4N4O6/c1-33-18-9-12(3-5-17(18)34-13-6-7-28-15(10-13)19(27)31)30-20(32)29-11-2-4-16-14(8-11)21(23,24)36-22(25,26)35-16/h2-10H,1H3,(H2,27,31)(H2,29,30,32). The summed E-state index contributed by atoms with van der Waals surface area (Å²) in [7, 11) is 1.36. The van der Waals surface area contributed by atoms with Crippen molar-refractivity contribution in [1.82, 2.24) is 4.98 Å². The molecule has 36 heavy (non-hydrogen) atoms. The van der Waals surface area contributed by atoms with Gasteiger partial charge in [0.05, 0.1) is 12.7 Å². The minimum absolute atomic E-state index is 0.00629. The SMILES string of the molecule is COc1cc(NC(=O)Nc2ccc3c(c2)C(F)(F)OC(F)(F)O3)ccc1Oc1ccnc(C(N)=O)c1. The van der Waals surface area contributed by atoms with Gasteiger partial charge in [-0.1, -0.05) is 0 Å². The number of fused-ring (bicyclic) bond motifs is 1. The van der Waals surface area contributed by atoms with Crippen LogP contribution in [0.25, 0.3) is 0 Å². The van der Waals surface area contributed by atoms with Gasteiger partial charge in [0.25, 0.3) is 5.91 Å². The smallest absolute Gasteiger partial charge is 0.493 e. The molecule has 2 heterocycles. The number of nitrogens with zero attached hydrogens (tertiary/aromatic N) is 1. The number of ether oxygens (including phenoxy) is 4. The topological polar surface area (TPSA) is 134 Å². The van der Waals surface area contributed by atoms with Crippen LogP contribution in [-0.2, 0) is 10.8 Å². The number of carbonyl (C=O) groups excluding carboxylic acids is 2. The number of nitrogens with two attached hydrogens (primary N) is 1. The first-order valence-corrected chi connectivity index (χ1v) is 9.95. The Morgan fingerprint density at radius 1 is 0.972 bits per heavy atom. The molecule has 0 fully saturated rings. The molecule has 0 unspecified atom stereocenters. The molecule has 3 amide bonds. The third-order valence-electron chi connectivity index (χ3n) is 4.66. The number of halogens is 4. The summed E-state index contributed by atoms with van der Waals surface area (Å²) >= 11 is 0. The zero-order valence-electron chi connectivity index (χ0n) is 18.2. The van der Waals surface area contributed by atoms with Crippen LogP contribution in [0.2, 0.25) is 0 Å². The lowest BCUT2D eigenvalue weighted by Gasteiger charge is -2.30. The fourth-order valence-electron chi connectivity index (χ4n) is 3.14. The number of pyridine rings is 1. The zero-order valence-corrected chi connectivity index (χ0v) is 18.2. The number of hydrogen-bond acceptors (Lipinski definition) is 7. The number of benzene rings is 2. The van der Waals surface area contributed by atoms with Crippen molar-refractivity contribution in [3.8, 4) is 23.0 Å². The van der Waals surface area contributed by atoms with E-state index >= 15 is 0 Å². The summed E-state index contributed by atoms with van der Waals surface area (Å²) in [6, 6.07) is 9.02. The maximum absolute atomic E-state index is 13.9. The second-order valence-corrected chi connectivity index (χ2v) is 7.18. The summed E-state index contributed by atoms with van der Waals surface area (Å²) in [4.78, 5) is 27.5. The van der Waals surface area contributed by atoms with Crippen LogP contribution < -0.4 is 30.6 Å². The summed E-state index contributed by atoms with van der Waals surface area (Å²) in [6.07, 6.45) is -7.51. The van der Waals surface area contributed by atoms with Crippen molar-refractivity contribution in [2.45, 2.75) is 12.4 Å². The van der Waals surface area contributed by atoms with Crippen LogP contribution in [0.1, 0.15) is 16.1 Å². The van der Waals surface area contributed by atoms with Gasteiger partial charge in [0.2, 0.25) is 0 Å². The Morgan fingerprint density at radius 2 is 1.67 bits per heavy atom. The van der Waals surface area contributed by atoms with Gasteiger partial charge in [-0.15, -0.1) is 8.78 Å². The second kappa shape index (κ2) is 9.22. The largest absolute Gasteiger partial charge is 0.540 e. The highest BCUT2D eigenvalue weighted by molar-refractivity contribution is 6.00. The van der Waals surface area contributed by atoms with Crippen molar-refractivity contribution >= 4 is 23.3 Å². The molecular weight excluding hydrogens is 492 g/mol. The highest BCUT2D eigenvalue weighted by atomic mass is 19.3. The first-order chi connectivity index (χ1) is 17.0. The Hall–Kier alpha value is -4.59. The molecule has 4 rings (SSSR count). The minimum atomic E-state index is -4.50. The maximum Gasteiger partial charge on any atom is 0.540 e. The highest BCUT2D eigenvalue weighted by Gasteiger charge is 2.54. The Bertz CT molecular complexity index is 1340. The normalized spacial score (nSPS) is 15.1. The summed E-state index contributed by atoms with van der Waals surface area (Å²) in [5, 5.41) is 4.77. The molecule has 1 aliphatic rings. The van der Waals surface area contributed by atoms with Gasteiger partial charge in [0, 0.05) is 29.7 Å². The van der Waals surface area contributed by atoms with Crippen LogP contribution in [0, 0.1) is 0 Å². The number of aromatic nitrogens is 1. The Morgan fingerprint density at radius 3 is 2.36 bits per heavy atom. The van der Waals surface area contributed by atoms with Gasteiger partial charge in [-0.2, -0.15) is 8.78 Å². The predicted octanol–water partition coefficient (Wildman–Crippen LogP) is 4.63. The van der Waals surface area contributed by atoms with Crippen molar-refractivity contribution in [3.05, 3.63) is 66.0 Å². The number of methoxy groups -OCH3 is 1. The van der Waals surface area contributed by atoms with E-state index < -0.39 is 35.7 Å². The van der Waals surface area contributed by atoms with Crippen molar-refractivity contribution in [2.75, 3.05) is 17.7 Å². The molecule has 0 radical (unpaired) electrons. The lowest BCUT2D eigenvalue weighted by atomic mass is 10.1. The van der Waals surface area contributed by atoms with E-state index in [2.05, 4.69) is 25.1 Å². The Kier molecular flexibility index (Phi) is 6.28. The molecule has 0 spiro atoms. The molecule has 0 atom stereocenters. The number of urea groups is 1. The van der Waals surface area contributed by atoms with Crippen molar-refractivity contribution < 1.29 is 46.1 Å². The summed E-state index contributed by atoms with van der Waals surface area (Å²) in [5.41, 5.74) is 4.31. The summed E-state index contributed by atoms with van der Waals surface area (Å²) in [6.45, 7) is 0. The molecule has 3 aromatic rings. The number of amides is 3. The van der Waals surface area contributed by atoms with Crippen LogP contribution in [0.15, 0.2) is 54.7 Å². The number of nitrogens with one attached hydrogen (secondary N) is 2. The van der Waals surface area contributed by atoms with E-state index in [-0.39, 0.29) is 34.3 Å². The van der Waals surface area contributed by atoms with Crippen LogP contribution in [0.3, 0.4) is 0 Å². The zero-order chi connectivity index (χ0) is 26.1. The van der Waals surface area contributed by atoms with Crippen LogP contribution >= 0.6 is 0 Å². The number of rotatable bonds is 6. The molecule has 0 saturated carbocycles. The molecule has 2 aromatic carbocycles. The Balaban J connectivity index is 1.46. The highest BCUT2D eigenvalue weighted by Crippen LogP contribution is 2.47. The molecule has 0 saturated heterocycles. The number of hydrogen-bond donors (Lipinski definition) is 3. The number of carbonyl (C=O) groups is 2. The average molecular weight is 508 g/mol. The van der Waals surface area contributed by atoms with Gasteiger partial charge < -0.3 is 30.6 Å². The molecule has 188 valence electrons. The molecule has 10 nitrogen and oxygen atoms in total. The van der Waals surface area contributed by atoms with Crippen molar-refractivity contribution in [2.24, 2.45) is 5.73 Å². The van der Waals surface area contributed by atoms with Gasteiger partial charge in [-0.25, -0.2) is 9.53 Å². The molecular formula is C22H16F4N4O6. The monoisotopic (exact) mass is 508 g/mol. The first kappa shape index (κ1) is 24.5. The molecule has 1 aromatic heterocycles. The van der Waals surface area contributed by atoms with Crippen molar-refractivity contribution in [3.63, 3.8) is 0 Å². The lowest BCUT2D eigenvalue weighted by molar-refractivity contribution is -0.461. The predicted molar refractivity (Wildman–Crippen MR) is 115 cm³/mol. The van der Waals surface area contributed by atoms with Gasteiger partial charge in [-0.3, -0.25) is 9.78 Å². The minimum Gasteiger partial charge on any atom is -0.493 e. The average Bonchev–Trinajstić information content (AvgIpc) is 2.79. The van der Waals surface area contributed by atoms with E-state index in [0.717, 1.165) is 18.2 Å². The molecule has 1 aliphatic heterocycles. The molecule has 0 bridgehead atoms. The fourth-order valence-corrected chi connectivity index (χ4v) is 3.14. The summed E-state index contributed by atoms with van der Waals surface area (Å²) in [5.74, 6) is -0.837. The van der Waals surface area contributed by atoms with Crippen LogP contribution in [0.4, 0.5) is 33.7 Å². The molecule has 0 aliphatic carbocycles. The summed E-state index contributed by atoms with van der Waals surface area (Å²) < 4.78 is 72.6. The fraction of sp³-hybridized carbons (Fsp3) is 0.136. The van der Waals surface area contributed by atoms with Gasteiger partial charge in [-0.05, 0) is 36.4 Å². The first-order valence-electron chi connectivity index (χ1n) is 9.95. The maximum atomic E-state index is 13.9. The van der Waals surface area contributed by atoms with E-state index in [4.69, 9.17) is 15.2 Å². The van der Waals surface area contributed by atoms with E-state index in [1.54, 1.807) is 0 Å². The molecule has 4 N–H and O–H groups in total.